The minimum absolute atomic E-state index is 0.0151. The predicted octanol–water partition coefficient (Wildman–Crippen LogP) is 6.61. The molecule has 0 bridgehead atoms. The van der Waals surface area contributed by atoms with E-state index in [1.807, 2.05) is 12.1 Å². The summed E-state index contributed by atoms with van der Waals surface area (Å²) in [6.07, 6.45) is 4.81. The number of ether oxygens (including phenoxy) is 2. The molecule has 1 fully saturated rings. The number of benzene rings is 2. The van der Waals surface area contributed by atoms with Gasteiger partial charge in [0.2, 0.25) is 5.91 Å². The number of piperidine rings is 1. The molecular weight excluding hydrogens is 532 g/mol. The second-order valence-corrected chi connectivity index (χ2v) is 11.6. The monoisotopic (exact) mass is 572 g/mol. The van der Waals surface area contributed by atoms with Crippen molar-refractivity contribution in [2.45, 2.75) is 78.4 Å². The second-order valence-electron chi connectivity index (χ2n) is 10.7. The van der Waals surface area contributed by atoms with Crippen molar-refractivity contribution >= 4 is 33.5 Å². The molecule has 1 aliphatic rings. The van der Waals surface area contributed by atoms with Crippen molar-refractivity contribution in [3.63, 3.8) is 0 Å². The fraction of sp³-hybridized carbons (Fsp3) is 0.533. The number of hydrogen-bond donors (Lipinski definition) is 1. The zero-order chi connectivity index (χ0) is 27.0. The molecule has 1 heterocycles. The van der Waals surface area contributed by atoms with E-state index in [0.29, 0.717) is 18.3 Å². The lowest BCUT2D eigenvalue weighted by molar-refractivity contribution is -0.158. The van der Waals surface area contributed by atoms with Gasteiger partial charge in [-0.3, -0.25) is 4.79 Å². The van der Waals surface area contributed by atoms with E-state index in [0.717, 1.165) is 29.5 Å². The van der Waals surface area contributed by atoms with Gasteiger partial charge in [-0.1, -0.05) is 48.0 Å². The lowest BCUT2D eigenvalue weighted by Gasteiger charge is -2.33. The number of nitrogens with zero attached hydrogens (tertiary/aromatic N) is 1. The molecule has 0 aromatic heterocycles. The Kier molecular flexibility index (Phi) is 10.4. The number of carbonyl (C=O) groups excluding carboxylic acids is 2. The maximum Gasteiger partial charge on any atom is 0.349 e. The summed E-state index contributed by atoms with van der Waals surface area (Å²) in [5.41, 5.74) is 2.19. The summed E-state index contributed by atoms with van der Waals surface area (Å²) in [6.45, 7) is 11.9. The Bertz CT molecular complexity index is 1050. The Labute approximate surface area is 230 Å². The largest absolute Gasteiger partial charge is 0.476 e. The van der Waals surface area contributed by atoms with Gasteiger partial charge in [0.25, 0.3) is 0 Å². The first kappa shape index (κ1) is 29.0. The number of hydrogen-bond acceptors (Lipinski definition) is 5. The molecule has 1 N–H and O–H groups in total. The number of rotatable bonds is 11. The molecule has 1 amide bonds. The summed E-state index contributed by atoms with van der Waals surface area (Å²) in [7, 11) is 0. The number of nitrogens with one attached hydrogen (secondary N) is 1. The molecule has 0 aliphatic carbocycles. The van der Waals surface area contributed by atoms with Crippen molar-refractivity contribution < 1.29 is 19.1 Å². The molecule has 1 unspecified atom stereocenters. The summed E-state index contributed by atoms with van der Waals surface area (Å²) >= 11 is 3.65. The molecule has 3 rings (SSSR count). The van der Waals surface area contributed by atoms with Crippen LogP contribution in [0, 0.1) is 5.92 Å². The van der Waals surface area contributed by atoms with Crippen molar-refractivity contribution in [2.24, 2.45) is 5.92 Å². The molecule has 0 spiro atoms. The van der Waals surface area contributed by atoms with Gasteiger partial charge in [0.05, 0.1) is 19.1 Å². The van der Waals surface area contributed by atoms with Gasteiger partial charge < -0.3 is 19.7 Å². The van der Waals surface area contributed by atoms with Gasteiger partial charge in [-0.2, -0.15) is 0 Å². The van der Waals surface area contributed by atoms with Gasteiger partial charge in [0, 0.05) is 23.2 Å². The average molecular weight is 574 g/mol. The molecule has 7 heteroatoms. The molecular formula is C30H41BrN2O4. The Morgan fingerprint density at radius 1 is 1.05 bits per heavy atom. The lowest BCUT2D eigenvalue weighted by Crippen LogP contribution is -2.39. The Morgan fingerprint density at radius 3 is 2.35 bits per heavy atom. The third-order valence-corrected chi connectivity index (χ3v) is 7.03. The highest BCUT2D eigenvalue weighted by Gasteiger charge is 2.31. The first-order chi connectivity index (χ1) is 17.6. The topological polar surface area (TPSA) is 67.9 Å². The zero-order valence-corrected chi connectivity index (χ0v) is 24.4. The first-order valence-electron chi connectivity index (χ1n) is 13.4. The van der Waals surface area contributed by atoms with Crippen LogP contribution in [0.4, 0.5) is 5.69 Å². The molecule has 37 heavy (non-hydrogen) atoms. The van der Waals surface area contributed by atoms with Crippen molar-refractivity contribution in [1.29, 1.82) is 0 Å². The van der Waals surface area contributed by atoms with E-state index in [1.165, 1.54) is 30.5 Å². The molecule has 2 aromatic rings. The van der Waals surface area contributed by atoms with Crippen molar-refractivity contribution in [3.05, 3.63) is 58.1 Å². The van der Waals surface area contributed by atoms with Crippen molar-refractivity contribution in [1.82, 2.24) is 5.32 Å². The Hall–Kier alpha value is -2.54. The van der Waals surface area contributed by atoms with E-state index in [-0.39, 0.29) is 18.4 Å². The highest BCUT2D eigenvalue weighted by atomic mass is 79.9. The van der Waals surface area contributed by atoms with Gasteiger partial charge in [-0.25, -0.2) is 4.79 Å². The van der Waals surface area contributed by atoms with Gasteiger partial charge in [0.1, 0.15) is 5.75 Å². The van der Waals surface area contributed by atoms with E-state index < -0.39 is 11.6 Å². The number of esters is 1. The second kappa shape index (κ2) is 13.3. The first-order valence-corrected chi connectivity index (χ1v) is 14.2. The number of anilines is 1. The molecule has 1 atom stereocenters. The predicted molar refractivity (Wildman–Crippen MR) is 152 cm³/mol. The molecule has 1 saturated heterocycles. The lowest BCUT2D eigenvalue weighted by atomic mass is 9.94. The van der Waals surface area contributed by atoms with Crippen LogP contribution in [0.5, 0.6) is 5.75 Å². The highest BCUT2D eigenvalue weighted by molar-refractivity contribution is 9.10. The molecule has 0 saturated carbocycles. The quantitative estimate of drug-likeness (QED) is 0.307. The standard InChI is InChI=1S/C30H41BrN2O4/c1-6-36-29(35)30(4,5)37-24-13-10-22(11-14-24)19-28(34)32-26(18-21(2)3)25-15-12-23(31)20-27(25)33-16-8-7-9-17-33/h10-15,20-21,26H,6-9,16-19H2,1-5H3,(H,32,34). The summed E-state index contributed by atoms with van der Waals surface area (Å²) in [6, 6.07) is 13.7. The molecule has 1 aliphatic heterocycles. The molecule has 0 radical (unpaired) electrons. The van der Waals surface area contributed by atoms with Crippen LogP contribution < -0.4 is 15.0 Å². The highest BCUT2D eigenvalue weighted by Crippen LogP contribution is 2.34. The Balaban J connectivity index is 1.71. The summed E-state index contributed by atoms with van der Waals surface area (Å²) in [5, 5.41) is 3.32. The number of halogens is 1. The van der Waals surface area contributed by atoms with Crippen molar-refractivity contribution in [2.75, 3.05) is 24.6 Å². The average Bonchev–Trinajstić information content (AvgIpc) is 2.85. The number of carbonyl (C=O) groups is 2. The fourth-order valence-electron chi connectivity index (χ4n) is 4.70. The van der Waals surface area contributed by atoms with Crippen LogP contribution in [0.3, 0.4) is 0 Å². The maximum absolute atomic E-state index is 13.2. The third-order valence-electron chi connectivity index (χ3n) is 6.54. The normalized spacial score (nSPS) is 14.8. The Morgan fingerprint density at radius 2 is 1.73 bits per heavy atom. The summed E-state index contributed by atoms with van der Waals surface area (Å²) < 4.78 is 12.0. The molecule has 6 nitrogen and oxygen atoms in total. The van der Waals surface area contributed by atoms with Crippen LogP contribution in [0.15, 0.2) is 46.9 Å². The smallest absolute Gasteiger partial charge is 0.349 e. The summed E-state index contributed by atoms with van der Waals surface area (Å²) in [5.74, 6) is 0.563. The van der Waals surface area contributed by atoms with Gasteiger partial charge in [0.15, 0.2) is 5.60 Å². The van der Waals surface area contributed by atoms with Crippen LogP contribution >= 0.6 is 15.9 Å². The van der Waals surface area contributed by atoms with Crippen LogP contribution in [0.1, 0.15) is 77.5 Å². The van der Waals surface area contributed by atoms with Crippen molar-refractivity contribution in [3.8, 4) is 5.75 Å². The van der Waals surface area contributed by atoms with E-state index in [2.05, 4.69) is 58.2 Å². The van der Waals surface area contributed by atoms with Crippen LogP contribution in [-0.2, 0) is 20.7 Å². The van der Waals surface area contributed by atoms with Gasteiger partial charge in [-0.15, -0.1) is 0 Å². The van der Waals surface area contributed by atoms with Crippen LogP contribution in [0.2, 0.25) is 0 Å². The van der Waals surface area contributed by atoms with Crippen LogP contribution in [0.25, 0.3) is 0 Å². The maximum atomic E-state index is 13.2. The van der Waals surface area contributed by atoms with E-state index in [4.69, 9.17) is 9.47 Å². The molecule has 202 valence electrons. The van der Waals surface area contributed by atoms with E-state index >= 15 is 0 Å². The minimum Gasteiger partial charge on any atom is -0.476 e. The summed E-state index contributed by atoms with van der Waals surface area (Å²) in [4.78, 5) is 27.8. The van der Waals surface area contributed by atoms with E-state index in [9.17, 15) is 9.59 Å². The van der Waals surface area contributed by atoms with E-state index in [1.54, 1.807) is 32.9 Å². The minimum atomic E-state index is -1.09. The molecule has 2 aromatic carbocycles. The SMILES string of the molecule is CCOC(=O)C(C)(C)Oc1ccc(CC(=O)NC(CC(C)C)c2ccc(Br)cc2N2CCCCC2)cc1. The zero-order valence-electron chi connectivity index (χ0n) is 22.8. The fourth-order valence-corrected chi connectivity index (χ4v) is 5.05. The van der Waals surface area contributed by atoms with Crippen LogP contribution in [-0.4, -0.2) is 37.2 Å². The van der Waals surface area contributed by atoms with Gasteiger partial charge in [-0.05, 0) is 87.8 Å². The van der Waals surface area contributed by atoms with Gasteiger partial charge >= 0.3 is 5.97 Å². The number of amides is 1. The third kappa shape index (κ3) is 8.49.